The fourth-order valence-electron chi connectivity index (χ4n) is 7.30. The number of carbonyl (C=O) groups excluding carboxylic acids is 1. The summed E-state index contributed by atoms with van der Waals surface area (Å²) in [4.78, 5) is 16.7. The van der Waals surface area contributed by atoms with Crippen molar-refractivity contribution in [3.8, 4) is 0 Å². The first-order chi connectivity index (χ1) is 20.7. The lowest BCUT2D eigenvalue weighted by molar-refractivity contribution is -0.119. The summed E-state index contributed by atoms with van der Waals surface area (Å²) in [5, 5.41) is 3.88. The molecule has 2 aromatic carbocycles. The number of nitrogens with one attached hydrogen (secondary N) is 1. The zero-order chi connectivity index (χ0) is 30.5. The van der Waals surface area contributed by atoms with Crippen molar-refractivity contribution < 1.29 is 23.0 Å². The van der Waals surface area contributed by atoms with Crippen LogP contribution >= 0.6 is 11.6 Å². The van der Waals surface area contributed by atoms with Crippen molar-refractivity contribution in [2.45, 2.75) is 76.8 Å². The fraction of sp³-hybridized carbons (Fsp3) is 0.618. The molecule has 3 saturated heterocycles. The van der Waals surface area contributed by atoms with E-state index in [4.69, 9.17) is 21.1 Å². The monoisotopic (exact) mass is 617 g/mol. The number of aryl methyl sites for hydroxylation is 1. The normalized spacial score (nSPS) is 23.5. The first kappa shape index (κ1) is 32.3. The number of hydrogen-bond acceptors (Lipinski definition) is 5. The van der Waals surface area contributed by atoms with Crippen LogP contribution in [-0.4, -0.2) is 74.5 Å². The van der Waals surface area contributed by atoms with Crippen molar-refractivity contribution in [3.05, 3.63) is 69.2 Å². The number of rotatable bonds is 10. The van der Waals surface area contributed by atoms with E-state index in [1.165, 1.54) is 17.2 Å². The van der Waals surface area contributed by atoms with Gasteiger partial charge in [0.05, 0.1) is 19.4 Å². The third-order valence-corrected chi connectivity index (χ3v) is 10.1. The summed E-state index contributed by atoms with van der Waals surface area (Å²) in [6.45, 7) is 11.7. The maximum Gasteiger partial charge on any atom is 0.217 e. The Morgan fingerprint density at radius 2 is 1.84 bits per heavy atom. The summed E-state index contributed by atoms with van der Waals surface area (Å²) < 4.78 is 40.5. The summed E-state index contributed by atoms with van der Waals surface area (Å²) in [7, 11) is 0. The minimum Gasteiger partial charge on any atom is -0.381 e. The first-order valence-electron chi connectivity index (χ1n) is 15.9. The Balaban J connectivity index is 1.19. The lowest BCUT2D eigenvalue weighted by Gasteiger charge is -2.34. The summed E-state index contributed by atoms with van der Waals surface area (Å²) in [6, 6.07) is 8.62. The zero-order valence-electron chi connectivity index (χ0n) is 25.7. The van der Waals surface area contributed by atoms with Crippen molar-refractivity contribution in [2.75, 3.05) is 52.7 Å². The van der Waals surface area contributed by atoms with E-state index < -0.39 is 11.6 Å². The zero-order valence-corrected chi connectivity index (χ0v) is 26.5. The van der Waals surface area contributed by atoms with E-state index in [0.717, 1.165) is 88.1 Å². The second-order valence-corrected chi connectivity index (χ2v) is 13.0. The molecule has 2 aromatic rings. The average molecular weight is 618 g/mol. The van der Waals surface area contributed by atoms with E-state index in [-0.39, 0.29) is 23.8 Å². The van der Waals surface area contributed by atoms with Gasteiger partial charge in [0.25, 0.3) is 0 Å². The molecule has 3 aliphatic heterocycles. The van der Waals surface area contributed by atoms with Gasteiger partial charge in [-0.3, -0.25) is 14.6 Å². The molecule has 0 saturated carbocycles. The van der Waals surface area contributed by atoms with E-state index in [0.29, 0.717) is 30.9 Å². The highest BCUT2D eigenvalue weighted by Gasteiger charge is 2.39. The van der Waals surface area contributed by atoms with E-state index in [9.17, 15) is 13.6 Å². The smallest absolute Gasteiger partial charge is 0.217 e. The van der Waals surface area contributed by atoms with Crippen LogP contribution in [0.4, 0.5) is 8.78 Å². The Kier molecular flexibility index (Phi) is 11.1. The number of ether oxygens (including phenoxy) is 2. The van der Waals surface area contributed by atoms with Crippen molar-refractivity contribution in [2.24, 2.45) is 5.92 Å². The van der Waals surface area contributed by atoms with Gasteiger partial charge in [0.1, 0.15) is 11.6 Å². The van der Waals surface area contributed by atoms with Crippen LogP contribution in [0, 0.1) is 24.5 Å². The van der Waals surface area contributed by atoms with Gasteiger partial charge in [-0.15, -0.1) is 0 Å². The minimum absolute atomic E-state index is 0.0279. The topological polar surface area (TPSA) is 54.0 Å². The molecule has 3 unspecified atom stereocenters. The molecular weight excluding hydrogens is 572 g/mol. The predicted octanol–water partition coefficient (Wildman–Crippen LogP) is 6.56. The maximum atomic E-state index is 14.9. The average Bonchev–Trinajstić information content (AvgIpc) is 3.41. The molecule has 6 nitrogen and oxygen atoms in total. The lowest BCUT2D eigenvalue weighted by atomic mass is 9.83. The van der Waals surface area contributed by atoms with Gasteiger partial charge in [0.2, 0.25) is 5.91 Å². The third-order valence-electron chi connectivity index (χ3n) is 9.70. The summed E-state index contributed by atoms with van der Waals surface area (Å²) in [6.07, 6.45) is 4.75. The molecule has 43 heavy (non-hydrogen) atoms. The number of amides is 1. The molecule has 0 aromatic heterocycles. The first-order valence-corrected chi connectivity index (χ1v) is 16.2. The van der Waals surface area contributed by atoms with E-state index in [2.05, 4.69) is 34.2 Å². The van der Waals surface area contributed by atoms with Crippen molar-refractivity contribution in [1.82, 2.24) is 15.1 Å². The quantitative estimate of drug-likeness (QED) is 0.327. The second-order valence-electron chi connectivity index (χ2n) is 12.6. The minimum atomic E-state index is -0.544. The SMILES string of the molecule is CCC(NC(C)=O)c1cc(C)c(Cl)cc1C1CCN(COCC2CN(C3CCOCC3)CC2c2ccc(F)cc2F)CC1. The van der Waals surface area contributed by atoms with Gasteiger partial charge < -0.3 is 14.8 Å². The highest BCUT2D eigenvalue weighted by molar-refractivity contribution is 6.31. The summed E-state index contributed by atoms with van der Waals surface area (Å²) >= 11 is 6.58. The van der Waals surface area contributed by atoms with Gasteiger partial charge in [-0.05, 0) is 79.3 Å². The van der Waals surface area contributed by atoms with Gasteiger partial charge in [0.15, 0.2) is 0 Å². The van der Waals surface area contributed by atoms with Crippen LogP contribution in [0.3, 0.4) is 0 Å². The molecule has 0 aliphatic carbocycles. The molecule has 3 heterocycles. The van der Waals surface area contributed by atoms with Crippen LogP contribution < -0.4 is 5.32 Å². The molecule has 3 fully saturated rings. The molecule has 0 bridgehead atoms. The number of likely N-dealkylation sites (tertiary alicyclic amines) is 2. The predicted molar refractivity (Wildman–Crippen MR) is 165 cm³/mol. The Bertz CT molecular complexity index is 1250. The Morgan fingerprint density at radius 3 is 2.51 bits per heavy atom. The number of piperidine rings is 1. The highest BCUT2D eigenvalue weighted by atomic mass is 35.5. The van der Waals surface area contributed by atoms with Crippen LogP contribution in [0.5, 0.6) is 0 Å². The second kappa shape index (κ2) is 14.8. The Hall–Kier alpha value is -2.10. The number of carbonyl (C=O) groups is 1. The van der Waals surface area contributed by atoms with E-state index >= 15 is 0 Å². The third kappa shape index (κ3) is 7.95. The fourth-order valence-corrected chi connectivity index (χ4v) is 7.47. The van der Waals surface area contributed by atoms with Gasteiger partial charge >= 0.3 is 0 Å². The highest BCUT2D eigenvalue weighted by Crippen LogP contribution is 2.39. The number of nitrogens with zero attached hydrogens (tertiary/aromatic N) is 2. The van der Waals surface area contributed by atoms with Crippen LogP contribution in [0.25, 0.3) is 0 Å². The standard InChI is InChI=1S/C34H46ClF2N3O3/c1-4-34(38-23(3)41)30-15-22(2)32(35)17-29(30)24-7-11-39(12-8-24)21-43-20-25-18-40(27-9-13-42-14-10-27)19-31(25)28-6-5-26(36)16-33(28)37/h5-6,15-17,24-25,27,31,34H,4,7-14,18-21H2,1-3H3,(H,38,41). The number of halogens is 3. The van der Waals surface area contributed by atoms with Crippen molar-refractivity contribution in [1.29, 1.82) is 0 Å². The molecule has 3 aliphatic rings. The molecule has 5 rings (SSSR count). The number of hydrogen-bond donors (Lipinski definition) is 1. The van der Waals surface area contributed by atoms with Crippen LogP contribution in [0.1, 0.15) is 86.1 Å². The lowest BCUT2D eigenvalue weighted by Crippen LogP contribution is -2.38. The van der Waals surface area contributed by atoms with Gasteiger partial charge in [-0.25, -0.2) is 8.78 Å². The molecule has 9 heteroatoms. The molecule has 236 valence electrons. The molecule has 1 amide bonds. The Labute approximate surface area is 260 Å². The van der Waals surface area contributed by atoms with Gasteiger partial charge in [-0.2, -0.15) is 0 Å². The van der Waals surface area contributed by atoms with Gasteiger partial charge in [0, 0.05) is 75.3 Å². The van der Waals surface area contributed by atoms with Crippen LogP contribution in [0.15, 0.2) is 30.3 Å². The summed E-state index contributed by atoms with van der Waals surface area (Å²) in [5.41, 5.74) is 4.02. The molecular formula is C34H46ClF2N3O3. The molecule has 0 spiro atoms. The van der Waals surface area contributed by atoms with Crippen molar-refractivity contribution in [3.63, 3.8) is 0 Å². The van der Waals surface area contributed by atoms with Crippen LogP contribution in [-0.2, 0) is 14.3 Å². The molecule has 3 atom stereocenters. The van der Waals surface area contributed by atoms with Crippen LogP contribution in [0.2, 0.25) is 5.02 Å². The van der Waals surface area contributed by atoms with Gasteiger partial charge in [-0.1, -0.05) is 30.7 Å². The Morgan fingerprint density at radius 1 is 1.09 bits per heavy atom. The van der Waals surface area contributed by atoms with E-state index in [1.807, 2.05) is 6.92 Å². The number of benzene rings is 2. The summed E-state index contributed by atoms with van der Waals surface area (Å²) in [5.74, 6) is -0.575. The van der Waals surface area contributed by atoms with Crippen molar-refractivity contribution >= 4 is 17.5 Å². The van der Waals surface area contributed by atoms with E-state index in [1.54, 1.807) is 13.0 Å². The molecule has 1 N–H and O–H groups in total. The maximum absolute atomic E-state index is 14.9. The molecule has 0 radical (unpaired) electrons. The largest absolute Gasteiger partial charge is 0.381 e.